The molecule has 2 aromatic rings. The van der Waals surface area contributed by atoms with Gasteiger partial charge in [0.15, 0.2) is 0 Å². The number of benzene rings is 2. The van der Waals surface area contributed by atoms with Crippen LogP contribution in [0.1, 0.15) is 16.7 Å². The average Bonchev–Trinajstić information content (AvgIpc) is 2.32. The summed E-state index contributed by atoms with van der Waals surface area (Å²) >= 11 is 9.32. The first kappa shape index (κ1) is 14.4. The number of hydrogen-bond donors (Lipinski definition) is 1. The molecule has 0 saturated heterocycles. The largest absolute Gasteiger partial charge is 0.380 e. The Balaban J connectivity index is 2.16. The molecule has 0 fully saturated rings. The fourth-order valence-electron chi connectivity index (χ4n) is 1.98. The maximum absolute atomic E-state index is 13.1. The van der Waals surface area contributed by atoms with Crippen LogP contribution in [0.3, 0.4) is 0 Å². The third kappa shape index (κ3) is 3.48. The highest BCUT2D eigenvalue weighted by molar-refractivity contribution is 9.10. The number of rotatable bonds is 3. The molecule has 0 heterocycles. The summed E-state index contributed by atoms with van der Waals surface area (Å²) in [5, 5.41) is 3.50. The lowest BCUT2D eigenvalue weighted by atomic mass is 10.1. The molecular formula is C15H14BrClFN. The van der Waals surface area contributed by atoms with Gasteiger partial charge in [0.05, 0.1) is 10.7 Å². The summed E-state index contributed by atoms with van der Waals surface area (Å²) in [6.45, 7) is 4.71. The van der Waals surface area contributed by atoms with Gasteiger partial charge in [0.2, 0.25) is 0 Å². The SMILES string of the molecule is Cc1cc(C)c(NCc2ccc(F)c(Cl)c2)c(Br)c1. The van der Waals surface area contributed by atoms with Crippen LogP contribution >= 0.6 is 27.5 Å². The first-order valence-electron chi connectivity index (χ1n) is 5.92. The quantitative estimate of drug-likeness (QED) is 0.780. The van der Waals surface area contributed by atoms with Crippen LogP contribution in [0.25, 0.3) is 0 Å². The highest BCUT2D eigenvalue weighted by atomic mass is 79.9. The molecule has 0 bridgehead atoms. The van der Waals surface area contributed by atoms with Crippen molar-refractivity contribution < 1.29 is 4.39 Å². The fourth-order valence-corrected chi connectivity index (χ4v) is 3.00. The molecule has 1 nitrogen and oxygen atoms in total. The van der Waals surface area contributed by atoms with E-state index >= 15 is 0 Å². The zero-order valence-corrected chi connectivity index (χ0v) is 13.1. The monoisotopic (exact) mass is 341 g/mol. The van der Waals surface area contributed by atoms with Gasteiger partial charge in [-0.3, -0.25) is 0 Å². The lowest BCUT2D eigenvalue weighted by molar-refractivity contribution is 0.627. The van der Waals surface area contributed by atoms with Gasteiger partial charge in [0, 0.05) is 11.0 Å². The third-order valence-corrected chi connectivity index (χ3v) is 3.80. The summed E-state index contributed by atoms with van der Waals surface area (Å²) < 4.78 is 14.1. The molecule has 0 atom stereocenters. The van der Waals surface area contributed by atoms with Crippen LogP contribution in [0.2, 0.25) is 5.02 Å². The number of nitrogens with one attached hydrogen (secondary N) is 1. The number of halogens is 3. The van der Waals surface area contributed by atoms with E-state index in [1.807, 2.05) is 0 Å². The van der Waals surface area contributed by atoms with Crippen LogP contribution < -0.4 is 5.32 Å². The maximum Gasteiger partial charge on any atom is 0.141 e. The first-order valence-corrected chi connectivity index (χ1v) is 7.09. The predicted octanol–water partition coefficient (Wildman–Crippen LogP) is 5.47. The molecule has 4 heteroatoms. The van der Waals surface area contributed by atoms with E-state index in [0.29, 0.717) is 6.54 Å². The van der Waals surface area contributed by atoms with Gasteiger partial charge in [0.1, 0.15) is 5.82 Å². The van der Waals surface area contributed by atoms with Crippen molar-refractivity contribution in [1.29, 1.82) is 0 Å². The average molecular weight is 343 g/mol. The van der Waals surface area contributed by atoms with Gasteiger partial charge >= 0.3 is 0 Å². The molecule has 0 radical (unpaired) electrons. The van der Waals surface area contributed by atoms with E-state index in [0.717, 1.165) is 15.7 Å². The van der Waals surface area contributed by atoms with Crippen LogP contribution in [0, 0.1) is 19.7 Å². The lowest BCUT2D eigenvalue weighted by Crippen LogP contribution is -2.02. The minimum atomic E-state index is -0.391. The summed E-state index contributed by atoms with van der Waals surface area (Å²) in [4.78, 5) is 0. The van der Waals surface area contributed by atoms with Gasteiger partial charge < -0.3 is 5.32 Å². The molecule has 0 spiro atoms. The van der Waals surface area contributed by atoms with Crippen LogP contribution in [0.5, 0.6) is 0 Å². The van der Waals surface area contributed by atoms with E-state index < -0.39 is 5.82 Å². The van der Waals surface area contributed by atoms with Crippen molar-refractivity contribution >= 4 is 33.2 Å². The molecule has 100 valence electrons. The second-order valence-electron chi connectivity index (χ2n) is 4.54. The van der Waals surface area contributed by atoms with E-state index in [9.17, 15) is 4.39 Å². The van der Waals surface area contributed by atoms with Gasteiger partial charge in [0.25, 0.3) is 0 Å². The Kier molecular flexibility index (Phi) is 4.48. The van der Waals surface area contributed by atoms with E-state index in [4.69, 9.17) is 11.6 Å². The molecule has 19 heavy (non-hydrogen) atoms. The molecule has 1 N–H and O–H groups in total. The summed E-state index contributed by atoms with van der Waals surface area (Å²) in [5.41, 5.74) is 4.36. The molecular weight excluding hydrogens is 329 g/mol. The zero-order valence-electron chi connectivity index (χ0n) is 10.7. The Bertz CT molecular complexity index is 590. The second kappa shape index (κ2) is 5.93. The van der Waals surface area contributed by atoms with Crippen molar-refractivity contribution in [3.05, 3.63) is 62.3 Å². The van der Waals surface area contributed by atoms with Gasteiger partial charge in [-0.15, -0.1) is 0 Å². The molecule has 0 amide bonds. The Morgan fingerprint density at radius 2 is 1.95 bits per heavy atom. The van der Waals surface area contributed by atoms with Gasteiger partial charge in [-0.1, -0.05) is 23.7 Å². The van der Waals surface area contributed by atoms with Gasteiger partial charge in [-0.2, -0.15) is 0 Å². The third-order valence-electron chi connectivity index (χ3n) is 2.89. The highest BCUT2D eigenvalue weighted by Gasteiger charge is 2.06. The Labute approximate surface area is 125 Å². The summed E-state index contributed by atoms with van der Waals surface area (Å²) in [5.74, 6) is -0.391. The van der Waals surface area contributed by atoms with Crippen molar-refractivity contribution in [2.24, 2.45) is 0 Å². The van der Waals surface area contributed by atoms with Crippen molar-refractivity contribution in [3.8, 4) is 0 Å². The van der Waals surface area contributed by atoms with Crippen molar-refractivity contribution in [2.45, 2.75) is 20.4 Å². The number of hydrogen-bond acceptors (Lipinski definition) is 1. The van der Waals surface area contributed by atoms with Gasteiger partial charge in [-0.05, 0) is 64.7 Å². The van der Waals surface area contributed by atoms with E-state index in [1.165, 1.54) is 17.2 Å². The van der Waals surface area contributed by atoms with Crippen molar-refractivity contribution in [3.63, 3.8) is 0 Å². The fraction of sp³-hybridized carbons (Fsp3) is 0.200. The smallest absolute Gasteiger partial charge is 0.141 e. The Morgan fingerprint density at radius 1 is 1.21 bits per heavy atom. The normalized spacial score (nSPS) is 10.6. The van der Waals surface area contributed by atoms with E-state index in [-0.39, 0.29) is 5.02 Å². The minimum absolute atomic E-state index is 0.152. The molecule has 2 rings (SSSR count). The zero-order chi connectivity index (χ0) is 14.0. The second-order valence-corrected chi connectivity index (χ2v) is 5.80. The molecule has 2 aromatic carbocycles. The first-order chi connectivity index (χ1) is 8.97. The van der Waals surface area contributed by atoms with Crippen LogP contribution in [0.4, 0.5) is 10.1 Å². The predicted molar refractivity (Wildman–Crippen MR) is 82.4 cm³/mol. The molecule has 0 aliphatic rings. The molecule has 0 aromatic heterocycles. The number of anilines is 1. The minimum Gasteiger partial charge on any atom is -0.380 e. The van der Waals surface area contributed by atoms with Gasteiger partial charge in [-0.25, -0.2) is 4.39 Å². The van der Waals surface area contributed by atoms with Crippen LogP contribution in [0.15, 0.2) is 34.8 Å². The lowest BCUT2D eigenvalue weighted by Gasteiger charge is -2.13. The van der Waals surface area contributed by atoms with E-state index in [2.05, 4.69) is 47.2 Å². The van der Waals surface area contributed by atoms with Crippen LogP contribution in [-0.2, 0) is 6.54 Å². The molecule has 0 saturated carbocycles. The topological polar surface area (TPSA) is 12.0 Å². The standard InChI is InChI=1S/C15H14BrClFN/c1-9-5-10(2)15(12(16)6-9)19-8-11-3-4-14(18)13(17)7-11/h3-7,19H,8H2,1-2H3. The molecule has 0 aliphatic carbocycles. The Morgan fingerprint density at radius 3 is 2.58 bits per heavy atom. The number of aryl methyl sites for hydroxylation is 2. The summed E-state index contributed by atoms with van der Waals surface area (Å²) in [7, 11) is 0. The van der Waals surface area contributed by atoms with Crippen molar-refractivity contribution in [1.82, 2.24) is 0 Å². The van der Waals surface area contributed by atoms with Crippen molar-refractivity contribution in [2.75, 3.05) is 5.32 Å². The Hall–Kier alpha value is -1.06. The highest BCUT2D eigenvalue weighted by Crippen LogP contribution is 2.28. The summed E-state index contributed by atoms with van der Waals surface area (Å²) in [6.07, 6.45) is 0. The molecule has 0 aliphatic heterocycles. The summed E-state index contributed by atoms with van der Waals surface area (Å²) in [6, 6.07) is 8.93. The van der Waals surface area contributed by atoms with E-state index in [1.54, 1.807) is 12.1 Å². The maximum atomic E-state index is 13.1. The van der Waals surface area contributed by atoms with Crippen LogP contribution in [-0.4, -0.2) is 0 Å². The molecule has 0 unspecified atom stereocenters.